The summed E-state index contributed by atoms with van der Waals surface area (Å²) in [5, 5.41) is 18.3. The lowest BCUT2D eigenvalue weighted by Gasteiger charge is -2.02. The van der Waals surface area contributed by atoms with Crippen LogP contribution in [0.4, 0.5) is 4.39 Å². The monoisotopic (exact) mass is 357 g/mol. The third-order valence-corrected chi connectivity index (χ3v) is 4.50. The van der Waals surface area contributed by atoms with Gasteiger partial charge in [-0.05, 0) is 37.1 Å². The first-order chi connectivity index (χ1) is 12.1. The summed E-state index contributed by atoms with van der Waals surface area (Å²) in [6.07, 6.45) is 2.14. The van der Waals surface area contributed by atoms with E-state index in [9.17, 15) is 9.18 Å². The van der Waals surface area contributed by atoms with Gasteiger partial charge in [-0.1, -0.05) is 12.1 Å². The van der Waals surface area contributed by atoms with Crippen LogP contribution in [0.3, 0.4) is 0 Å². The third kappa shape index (κ3) is 4.63. The molecule has 0 N–H and O–H groups in total. The summed E-state index contributed by atoms with van der Waals surface area (Å²) in [7, 11) is 0. The number of halogens is 1. The second-order valence-corrected chi connectivity index (χ2v) is 6.11. The second kappa shape index (κ2) is 8.93. The van der Waals surface area contributed by atoms with Crippen LogP contribution in [0.2, 0.25) is 0 Å². The quantitative estimate of drug-likeness (QED) is 0.734. The standard InChI is InChI=1S/C18H16FN3O2S/c1-2-24-8-4-7-22-17(23)16(25-18(22)14(11-20)12-21)10-13-5-3-6-15(19)9-13/h3,5-6,9-10H,2,4,7-8H2,1H3/b16-10-. The molecule has 7 heteroatoms. The molecule has 0 aliphatic rings. The van der Waals surface area contributed by atoms with E-state index in [1.807, 2.05) is 19.1 Å². The molecule has 0 atom stereocenters. The van der Waals surface area contributed by atoms with Gasteiger partial charge in [-0.15, -0.1) is 11.3 Å². The molecule has 0 bridgehead atoms. The van der Waals surface area contributed by atoms with Crippen LogP contribution in [0.25, 0.3) is 11.6 Å². The fourth-order valence-electron chi connectivity index (χ4n) is 2.25. The summed E-state index contributed by atoms with van der Waals surface area (Å²) in [4.78, 5) is 12.7. The van der Waals surface area contributed by atoms with Crippen LogP contribution in [0.5, 0.6) is 0 Å². The minimum absolute atomic E-state index is 0.114. The first-order valence-corrected chi connectivity index (χ1v) is 8.51. The molecule has 0 amide bonds. The van der Waals surface area contributed by atoms with Gasteiger partial charge < -0.3 is 4.74 Å². The number of aromatic nitrogens is 1. The van der Waals surface area contributed by atoms with Gasteiger partial charge in [0.1, 0.15) is 22.6 Å². The fraction of sp³-hybridized carbons (Fsp3) is 0.278. The average Bonchev–Trinajstić information content (AvgIpc) is 2.89. The molecule has 0 saturated carbocycles. The Bertz CT molecular complexity index is 993. The van der Waals surface area contributed by atoms with Crippen LogP contribution < -0.4 is 14.8 Å². The van der Waals surface area contributed by atoms with Gasteiger partial charge in [-0.25, -0.2) is 4.39 Å². The van der Waals surface area contributed by atoms with Gasteiger partial charge in [0.2, 0.25) is 0 Å². The molecule has 25 heavy (non-hydrogen) atoms. The molecule has 0 radical (unpaired) electrons. The summed E-state index contributed by atoms with van der Waals surface area (Å²) < 4.78 is 20.7. The highest BCUT2D eigenvalue weighted by Crippen LogP contribution is 2.03. The van der Waals surface area contributed by atoms with Crippen molar-refractivity contribution >= 4 is 23.0 Å². The number of ether oxygens (including phenoxy) is 1. The van der Waals surface area contributed by atoms with Crippen molar-refractivity contribution in [2.24, 2.45) is 0 Å². The number of rotatable bonds is 6. The van der Waals surface area contributed by atoms with E-state index in [-0.39, 0.29) is 11.1 Å². The smallest absolute Gasteiger partial charge is 0.269 e. The van der Waals surface area contributed by atoms with E-state index >= 15 is 0 Å². The van der Waals surface area contributed by atoms with E-state index in [2.05, 4.69) is 0 Å². The second-order valence-electron chi connectivity index (χ2n) is 5.08. The van der Waals surface area contributed by atoms with Crippen LogP contribution in [-0.4, -0.2) is 17.8 Å². The fourth-order valence-corrected chi connectivity index (χ4v) is 3.32. The first-order valence-electron chi connectivity index (χ1n) is 7.70. The van der Waals surface area contributed by atoms with E-state index < -0.39 is 5.82 Å². The maximum absolute atomic E-state index is 13.3. The van der Waals surface area contributed by atoms with E-state index in [1.165, 1.54) is 16.7 Å². The van der Waals surface area contributed by atoms with Crippen molar-refractivity contribution in [1.82, 2.24) is 4.57 Å². The molecule has 0 aliphatic heterocycles. The molecule has 0 spiro atoms. The van der Waals surface area contributed by atoms with Crippen molar-refractivity contribution in [3.8, 4) is 12.1 Å². The van der Waals surface area contributed by atoms with E-state index in [1.54, 1.807) is 18.2 Å². The van der Waals surface area contributed by atoms with Gasteiger partial charge in [0.05, 0.1) is 4.53 Å². The number of hydrogen-bond donors (Lipinski definition) is 0. The summed E-state index contributed by atoms with van der Waals surface area (Å²) in [6.45, 7) is 3.29. The Morgan fingerprint density at radius 2 is 2.16 bits per heavy atom. The van der Waals surface area contributed by atoms with Gasteiger partial charge in [0, 0.05) is 19.8 Å². The molecule has 1 aromatic carbocycles. The Morgan fingerprint density at radius 3 is 2.80 bits per heavy atom. The minimum atomic E-state index is -0.399. The van der Waals surface area contributed by atoms with E-state index in [0.29, 0.717) is 40.9 Å². The van der Waals surface area contributed by atoms with Crippen molar-refractivity contribution in [2.45, 2.75) is 19.9 Å². The van der Waals surface area contributed by atoms with Crippen LogP contribution in [0, 0.1) is 28.5 Å². The highest BCUT2D eigenvalue weighted by Gasteiger charge is 2.09. The molecule has 0 unspecified atom stereocenters. The molecule has 2 rings (SSSR count). The van der Waals surface area contributed by atoms with Crippen molar-refractivity contribution < 1.29 is 9.13 Å². The summed E-state index contributed by atoms with van der Waals surface area (Å²) in [5.41, 5.74) is 0.128. The number of nitrogens with zero attached hydrogens (tertiary/aromatic N) is 3. The van der Waals surface area contributed by atoms with Gasteiger partial charge in [0.25, 0.3) is 5.56 Å². The van der Waals surface area contributed by atoms with Crippen LogP contribution in [0.15, 0.2) is 29.1 Å². The molecule has 0 aliphatic carbocycles. The van der Waals surface area contributed by atoms with Gasteiger partial charge in [-0.2, -0.15) is 10.5 Å². The summed E-state index contributed by atoms with van der Waals surface area (Å²) in [6, 6.07) is 9.52. The van der Waals surface area contributed by atoms with Crippen LogP contribution >= 0.6 is 11.3 Å². The zero-order valence-electron chi connectivity index (χ0n) is 13.7. The normalized spacial score (nSPS) is 11.1. The zero-order valence-corrected chi connectivity index (χ0v) is 14.5. The lowest BCUT2D eigenvalue weighted by molar-refractivity contribution is 0.141. The Morgan fingerprint density at radius 1 is 1.40 bits per heavy atom. The van der Waals surface area contributed by atoms with E-state index in [4.69, 9.17) is 15.3 Å². The number of benzene rings is 1. The number of hydrogen-bond acceptors (Lipinski definition) is 5. The SMILES string of the molecule is CCOCCCn1c(=C(C#N)C#N)s/c(=C\c2cccc(F)c2)c1=O. The van der Waals surface area contributed by atoms with Gasteiger partial charge in [-0.3, -0.25) is 9.36 Å². The van der Waals surface area contributed by atoms with Crippen LogP contribution in [0.1, 0.15) is 18.9 Å². The Kier molecular flexibility index (Phi) is 6.64. The minimum Gasteiger partial charge on any atom is -0.382 e. The lowest BCUT2D eigenvalue weighted by atomic mass is 10.2. The van der Waals surface area contributed by atoms with Crippen molar-refractivity contribution in [3.05, 3.63) is 55.2 Å². The molecule has 1 heterocycles. The van der Waals surface area contributed by atoms with Crippen LogP contribution in [-0.2, 0) is 11.3 Å². The highest BCUT2D eigenvalue weighted by molar-refractivity contribution is 7.07. The first kappa shape index (κ1) is 18.6. The van der Waals surface area contributed by atoms with Gasteiger partial charge in [0.15, 0.2) is 5.57 Å². The summed E-state index contributed by atoms with van der Waals surface area (Å²) in [5.74, 6) is -0.399. The van der Waals surface area contributed by atoms with Crippen molar-refractivity contribution in [2.75, 3.05) is 13.2 Å². The largest absolute Gasteiger partial charge is 0.382 e. The number of nitriles is 2. The van der Waals surface area contributed by atoms with Crippen molar-refractivity contribution in [3.63, 3.8) is 0 Å². The third-order valence-electron chi connectivity index (χ3n) is 3.37. The Balaban J connectivity index is 2.58. The molecule has 128 valence electrons. The maximum Gasteiger partial charge on any atom is 0.269 e. The predicted octanol–water partition coefficient (Wildman–Crippen LogP) is 1.50. The molecule has 1 aromatic heterocycles. The molecule has 5 nitrogen and oxygen atoms in total. The van der Waals surface area contributed by atoms with Gasteiger partial charge >= 0.3 is 0 Å². The molecular weight excluding hydrogens is 341 g/mol. The topological polar surface area (TPSA) is 78.8 Å². The van der Waals surface area contributed by atoms with E-state index in [0.717, 1.165) is 11.3 Å². The lowest BCUT2D eigenvalue weighted by Crippen LogP contribution is -2.32. The average molecular weight is 357 g/mol. The number of thiazole rings is 1. The zero-order chi connectivity index (χ0) is 18.2. The highest BCUT2D eigenvalue weighted by atomic mass is 32.1. The Labute approximate surface area is 148 Å². The maximum atomic E-state index is 13.3. The van der Waals surface area contributed by atoms with Crippen molar-refractivity contribution in [1.29, 1.82) is 10.5 Å². The molecule has 0 saturated heterocycles. The molecule has 0 fully saturated rings. The predicted molar refractivity (Wildman–Crippen MR) is 93.5 cm³/mol. The Hall–Kier alpha value is -2.74. The summed E-state index contributed by atoms with van der Waals surface area (Å²) >= 11 is 1.06. The molecular formula is C18H16FN3O2S. The molecule has 2 aromatic rings.